The molecular formula is C24H28N2O5. The van der Waals surface area contributed by atoms with Crippen LogP contribution >= 0.6 is 0 Å². The number of aryl methyl sites for hydroxylation is 2. The van der Waals surface area contributed by atoms with Crippen molar-refractivity contribution in [3.63, 3.8) is 0 Å². The van der Waals surface area contributed by atoms with Crippen molar-refractivity contribution in [1.82, 2.24) is 5.01 Å². The van der Waals surface area contributed by atoms with Crippen LogP contribution in [0.4, 0.5) is 5.69 Å². The molecule has 0 radical (unpaired) electrons. The number of fused-ring (bicyclic) bond motifs is 1. The Balaban J connectivity index is 2.00. The molecule has 0 spiro atoms. The summed E-state index contributed by atoms with van der Waals surface area (Å²) in [6.45, 7) is 1.39. The largest absolute Gasteiger partial charge is 0.480 e. The minimum atomic E-state index is -1.12. The smallest absolute Gasteiger partial charge is 0.325 e. The third kappa shape index (κ3) is 5.70. The Hall–Kier alpha value is -3.19. The highest BCUT2D eigenvalue weighted by molar-refractivity contribution is 5.95. The number of carbonyl (C=O) groups excluding carboxylic acids is 2. The number of hydrogen-bond acceptors (Lipinski definition) is 5. The van der Waals surface area contributed by atoms with Crippen molar-refractivity contribution in [2.75, 3.05) is 18.2 Å². The second-order valence-electron chi connectivity index (χ2n) is 7.47. The molecule has 1 N–H and O–H groups in total. The summed E-state index contributed by atoms with van der Waals surface area (Å²) in [6, 6.07) is 16.2. The molecule has 0 saturated heterocycles. The fourth-order valence-corrected chi connectivity index (χ4v) is 3.91. The molecule has 164 valence electrons. The third-order valence-corrected chi connectivity index (χ3v) is 5.31. The standard InChI is InChI=1S/C24H28N2O5/c1-2-31-24(30)21(16-15-18-9-4-3-5-10-18)25(17-23(28)29)26-20-13-7-6-11-19(20)12-8-14-22(26)27/h3-7,9-11,13,21H,2,8,12,14-17H2,1H3,(H,28,29)/t21-/m0/s1. The summed E-state index contributed by atoms with van der Waals surface area (Å²) in [7, 11) is 0. The van der Waals surface area contributed by atoms with E-state index in [-0.39, 0.29) is 18.9 Å². The Labute approximate surface area is 182 Å². The van der Waals surface area contributed by atoms with Crippen LogP contribution in [0.2, 0.25) is 0 Å². The highest BCUT2D eigenvalue weighted by atomic mass is 16.5. The highest BCUT2D eigenvalue weighted by Gasteiger charge is 2.37. The van der Waals surface area contributed by atoms with E-state index >= 15 is 0 Å². The van der Waals surface area contributed by atoms with E-state index in [9.17, 15) is 19.5 Å². The normalized spacial score (nSPS) is 14.6. The van der Waals surface area contributed by atoms with Gasteiger partial charge in [-0.25, -0.2) is 5.01 Å². The maximum atomic E-state index is 13.1. The van der Waals surface area contributed by atoms with Crippen molar-refractivity contribution in [3.05, 3.63) is 65.7 Å². The fraction of sp³-hybridized carbons (Fsp3) is 0.375. The van der Waals surface area contributed by atoms with Gasteiger partial charge in [-0.05, 0) is 49.8 Å². The molecule has 1 heterocycles. The predicted molar refractivity (Wildman–Crippen MR) is 116 cm³/mol. The van der Waals surface area contributed by atoms with Gasteiger partial charge in [0, 0.05) is 6.42 Å². The van der Waals surface area contributed by atoms with Crippen LogP contribution < -0.4 is 5.01 Å². The van der Waals surface area contributed by atoms with Gasteiger partial charge in [-0.15, -0.1) is 0 Å². The number of hydrogen-bond donors (Lipinski definition) is 1. The fourth-order valence-electron chi connectivity index (χ4n) is 3.91. The van der Waals surface area contributed by atoms with Gasteiger partial charge in [0.25, 0.3) is 0 Å². The molecule has 31 heavy (non-hydrogen) atoms. The van der Waals surface area contributed by atoms with Gasteiger partial charge in [0.2, 0.25) is 5.91 Å². The summed E-state index contributed by atoms with van der Waals surface area (Å²) in [6.07, 6.45) is 2.53. The first-order chi connectivity index (χ1) is 15.0. The molecule has 7 nitrogen and oxygen atoms in total. The predicted octanol–water partition coefficient (Wildman–Crippen LogP) is 3.22. The first-order valence-electron chi connectivity index (χ1n) is 10.6. The Morgan fingerprint density at radius 2 is 1.81 bits per heavy atom. The van der Waals surface area contributed by atoms with Crippen LogP contribution in [0, 0.1) is 0 Å². The quantitative estimate of drug-likeness (QED) is 0.622. The van der Waals surface area contributed by atoms with Gasteiger partial charge < -0.3 is 9.84 Å². The van der Waals surface area contributed by atoms with Crippen molar-refractivity contribution in [2.24, 2.45) is 0 Å². The lowest BCUT2D eigenvalue weighted by Crippen LogP contribution is -2.57. The Morgan fingerprint density at radius 3 is 2.52 bits per heavy atom. The lowest BCUT2D eigenvalue weighted by molar-refractivity contribution is -0.152. The molecular weight excluding hydrogens is 396 g/mol. The van der Waals surface area contributed by atoms with Crippen molar-refractivity contribution in [2.45, 2.75) is 45.1 Å². The number of carboxylic acid groups (broad SMARTS) is 1. The lowest BCUT2D eigenvalue weighted by atomic mass is 10.0. The summed E-state index contributed by atoms with van der Waals surface area (Å²) in [5.74, 6) is -1.88. The number of aliphatic carboxylic acids is 1. The summed E-state index contributed by atoms with van der Waals surface area (Å²) in [5.41, 5.74) is 2.60. The van der Waals surface area contributed by atoms with Gasteiger partial charge in [-0.3, -0.25) is 14.4 Å². The molecule has 0 bridgehead atoms. The van der Waals surface area contributed by atoms with Gasteiger partial charge in [-0.2, -0.15) is 5.01 Å². The molecule has 0 unspecified atom stereocenters. The number of rotatable bonds is 9. The van der Waals surface area contributed by atoms with E-state index in [4.69, 9.17) is 4.74 Å². The molecule has 2 aromatic rings. The summed E-state index contributed by atoms with van der Waals surface area (Å²) < 4.78 is 5.29. The van der Waals surface area contributed by atoms with E-state index in [1.807, 2.05) is 48.5 Å². The number of para-hydroxylation sites is 1. The Morgan fingerprint density at radius 1 is 1.10 bits per heavy atom. The Bertz CT molecular complexity index is 915. The number of anilines is 1. The molecule has 0 aromatic heterocycles. The van der Waals surface area contributed by atoms with Crippen LogP contribution in [-0.4, -0.2) is 47.2 Å². The van der Waals surface area contributed by atoms with Crippen LogP contribution in [0.15, 0.2) is 54.6 Å². The second-order valence-corrected chi connectivity index (χ2v) is 7.47. The third-order valence-electron chi connectivity index (χ3n) is 5.31. The number of carbonyl (C=O) groups is 3. The molecule has 7 heteroatoms. The molecule has 1 aliphatic rings. The first-order valence-corrected chi connectivity index (χ1v) is 10.6. The SMILES string of the molecule is CCOC(=O)[C@H](CCc1ccccc1)N(CC(=O)O)N1C(=O)CCCc2ccccc21. The Kier molecular flexibility index (Phi) is 7.78. The molecule has 0 fully saturated rings. The number of hydrazine groups is 1. The zero-order valence-corrected chi connectivity index (χ0v) is 17.7. The van der Waals surface area contributed by atoms with Crippen molar-refractivity contribution >= 4 is 23.5 Å². The zero-order chi connectivity index (χ0) is 22.2. The average molecular weight is 424 g/mol. The van der Waals surface area contributed by atoms with Crippen LogP contribution in [0.5, 0.6) is 0 Å². The second kappa shape index (κ2) is 10.7. The van der Waals surface area contributed by atoms with Gasteiger partial charge in [0.15, 0.2) is 0 Å². The van der Waals surface area contributed by atoms with Gasteiger partial charge in [-0.1, -0.05) is 48.5 Å². The molecule has 0 saturated carbocycles. The number of benzene rings is 2. The zero-order valence-electron chi connectivity index (χ0n) is 17.7. The van der Waals surface area contributed by atoms with Crippen molar-refractivity contribution < 1.29 is 24.2 Å². The number of nitrogens with zero attached hydrogens (tertiary/aromatic N) is 2. The number of esters is 1. The number of carboxylic acids is 1. The van der Waals surface area contributed by atoms with Crippen LogP contribution in [0.1, 0.15) is 37.3 Å². The monoisotopic (exact) mass is 424 g/mol. The van der Waals surface area contributed by atoms with E-state index < -0.39 is 24.5 Å². The maximum absolute atomic E-state index is 13.1. The van der Waals surface area contributed by atoms with E-state index in [1.165, 1.54) is 10.0 Å². The molecule has 1 aliphatic heterocycles. The molecule has 3 rings (SSSR count). The van der Waals surface area contributed by atoms with Crippen LogP contribution in [-0.2, 0) is 32.0 Å². The summed E-state index contributed by atoms with van der Waals surface area (Å²) >= 11 is 0. The van der Waals surface area contributed by atoms with E-state index in [1.54, 1.807) is 13.0 Å². The topological polar surface area (TPSA) is 87.2 Å². The van der Waals surface area contributed by atoms with Crippen LogP contribution in [0.3, 0.4) is 0 Å². The number of ether oxygens (including phenoxy) is 1. The average Bonchev–Trinajstić information content (AvgIpc) is 2.92. The van der Waals surface area contributed by atoms with Crippen molar-refractivity contribution in [1.29, 1.82) is 0 Å². The maximum Gasteiger partial charge on any atom is 0.325 e. The van der Waals surface area contributed by atoms with Gasteiger partial charge in [0.1, 0.15) is 12.6 Å². The molecule has 2 aromatic carbocycles. The molecule has 1 amide bonds. The van der Waals surface area contributed by atoms with Crippen molar-refractivity contribution in [3.8, 4) is 0 Å². The van der Waals surface area contributed by atoms with E-state index in [0.717, 1.165) is 11.1 Å². The summed E-state index contributed by atoms with van der Waals surface area (Å²) in [5, 5.41) is 12.4. The number of amides is 1. The van der Waals surface area contributed by atoms with Crippen LogP contribution in [0.25, 0.3) is 0 Å². The highest BCUT2D eigenvalue weighted by Crippen LogP contribution is 2.30. The lowest BCUT2D eigenvalue weighted by Gasteiger charge is -2.38. The van der Waals surface area contributed by atoms with Gasteiger partial charge >= 0.3 is 11.9 Å². The van der Waals surface area contributed by atoms with E-state index in [2.05, 4.69) is 0 Å². The molecule has 0 aliphatic carbocycles. The van der Waals surface area contributed by atoms with E-state index in [0.29, 0.717) is 31.4 Å². The minimum Gasteiger partial charge on any atom is -0.480 e. The summed E-state index contributed by atoms with van der Waals surface area (Å²) in [4.78, 5) is 37.8. The minimum absolute atomic E-state index is 0.173. The first kappa shape index (κ1) is 22.5. The van der Waals surface area contributed by atoms with Gasteiger partial charge in [0.05, 0.1) is 12.3 Å². The molecule has 1 atom stereocenters.